The molecular formula is C13H25NO2S. The fourth-order valence-electron chi connectivity index (χ4n) is 2.27. The second-order valence-electron chi connectivity index (χ2n) is 5.28. The normalized spacial score (nSPS) is 28.5. The molecule has 3 atom stereocenters. The van der Waals surface area contributed by atoms with E-state index in [2.05, 4.69) is 12.2 Å². The van der Waals surface area contributed by atoms with Crippen LogP contribution in [0, 0.1) is 5.92 Å². The van der Waals surface area contributed by atoms with Gasteiger partial charge in [0.1, 0.15) is 5.54 Å². The minimum absolute atomic E-state index is 0.170. The smallest absolute Gasteiger partial charge is 0.326 e. The van der Waals surface area contributed by atoms with Gasteiger partial charge < -0.3 is 10.1 Å². The molecule has 0 saturated heterocycles. The van der Waals surface area contributed by atoms with Gasteiger partial charge in [-0.25, -0.2) is 0 Å². The van der Waals surface area contributed by atoms with E-state index in [9.17, 15) is 4.79 Å². The molecule has 17 heavy (non-hydrogen) atoms. The van der Waals surface area contributed by atoms with Crippen molar-refractivity contribution in [3.05, 3.63) is 0 Å². The van der Waals surface area contributed by atoms with Crippen molar-refractivity contribution in [3.63, 3.8) is 0 Å². The highest BCUT2D eigenvalue weighted by molar-refractivity contribution is 8.00. The van der Waals surface area contributed by atoms with Gasteiger partial charge >= 0.3 is 5.97 Å². The summed E-state index contributed by atoms with van der Waals surface area (Å²) in [7, 11) is 3.27. The number of carbonyl (C=O) groups excluding carboxylic acids is 1. The average Bonchev–Trinajstić information content (AvgIpc) is 2.35. The van der Waals surface area contributed by atoms with Crippen LogP contribution in [0.4, 0.5) is 0 Å². The van der Waals surface area contributed by atoms with Crippen LogP contribution in [0.3, 0.4) is 0 Å². The zero-order valence-corrected chi connectivity index (χ0v) is 12.2. The number of rotatable bonds is 5. The van der Waals surface area contributed by atoms with Crippen molar-refractivity contribution in [3.8, 4) is 0 Å². The number of likely N-dealkylation sites (N-methyl/N-ethyl adjacent to an activating group) is 1. The Labute approximate surface area is 109 Å². The van der Waals surface area contributed by atoms with E-state index in [1.165, 1.54) is 32.8 Å². The fourth-order valence-corrected chi connectivity index (χ4v) is 3.90. The fraction of sp³-hybridized carbons (Fsp3) is 0.923. The molecule has 0 aromatic heterocycles. The monoisotopic (exact) mass is 259 g/mol. The first-order valence-corrected chi connectivity index (χ1v) is 7.45. The SMILES string of the molecule is CNC(C)(CSC1CCCC(C)C1)C(=O)OC. The zero-order valence-electron chi connectivity index (χ0n) is 11.4. The van der Waals surface area contributed by atoms with Crippen molar-refractivity contribution in [1.82, 2.24) is 5.32 Å². The van der Waals surface area contributed by atoms with E-state index in [-0.39, 0.29) is 5.97 Å². The first kappa shape index (κ1) is 14.8. The van der Waals surface area contributed by atoms with Gasteiger partial charge in [0, 0.05) is 11.0 Å². The van der Waals surface area contributed by atoms with Gasteiger partial charge in [-0.05, 0) is 32.7 Å². The molecule has 0 aromatic carbocycles. The van der Waals surface area contributed by atoms with Gasteiger partial charge in [-0.1, -0.05) is 19.8 Å². The standard InChI is InChI=1S/C13H25NO2S/c1-10-6-5-7-11(8-10)17-9-13(2,14-3)12(15)16-4/h10-11,14H,5-9H2,1-4H3. The quantitative estimate of drug-likeness (QED) is 0.770. The van der Waals surface area contributed by atoms with Gasteiger partial charge in [-0.15, -0.1) is 0 Å². The van der Waals surface area contributed by atoms with E-state index in [1.807, 2.05) is 25.7 Å². The summed E-state index contributed by atoms with van der Waals surface area (Å²) in [5, 5.41) is 3.79. The predicted octanol–water partition coefficient (Wildman–Crippen LogP) is 2.45. The lowest BCUT2D eigenvalue weighted by Crippen LogP contribution is -2.50. The molecule has 0 bridgehead atoms. The van der Waals surface area contributed by atoms with Crippen molar-refractivity contribution in [2.24, 2.45) is 5.92 Å². The minimum atomic E-state index is -0.555. The Morgan fingerprint density at radius 3 is 2.76 bits per heavy atom. The second-order valence-corrected chi connectivity index (χ2v) is 6.57. The molecule has 1 aliphatic rings. The average molecular weight is 259 g/mol. The molecule has 1 aliphatic carbocycles. The van der Waals surface area contributed by atoms with Crippen molar-refractivity contribution in [2.45, 2.75) is 50.3 Å². The topological polar surface area (TPSA) is 38.3 Å². The first-order chi connectivity index (χ1) is 8.01. The molecule has 3 unspecified atom stereocenters. The summed E-state index contributed by atoms with van der Waals surface area (Å²) >= 11 is 1.91. The highest BCUT2D eigenvalue weighted by Crippen LogP contribution is 2.33. The van der Waals surface area contributed by atoms with Gasteiger partial charge in [0.2, 0.25) is 0 Å². The Morgan fingerprint density at radius 1 is 1.53 bits per heavy atom. The Kier molecular flexibility index (Phi) is 5.80. The summed E-state index contributed by atoms with van der Waals surface area (Å²) in [5.41, 5.74) is -0.555. The van der Waals surface area contributed by atoms with Gasteiger partial charge in [0.25, 0.3) is 0 Å². The molecule has 1 rings (SSSR count). The molecule has 0 amide bonds. The van der Waals surface area contributed by atoms with Crippen molar-refractivity contribution >= 4 is 17.7 Å². The van der Waals surface area contributed by atoms with Crippen LogP contribution in [0.25, 0.3) is 0 Å². The summed E-state index contributed by atoms with van der Waals surface area (Å²) in [6.07, 6.45) is 5.26. The molecule has 0 radical (unpaired) electrons. The Balaban J connectivity index is 2.44. The van der Waals surface area contributed by atoms with Crippen molar-refractivity contribution < 1.29 is 9.53 Å². The highest BCUT2D eigenvalue weighted by Gasteiger charge is 2.34. The van der Waals surface area contributed by atoms with E-state index in [0.717, 1.165) is 11.7 Å². The van der Waals surface area contributed by atoms with E-state index in [0.29, 0.717) is 5.25 Å². The van der Waals surface area contributed by atoms with Gasteiger partial charge in [0.05, 0.1) is 7.11 Å². The van der Waals surface area contributed by atoms with Crippen LogP contribution in [0.5, 0.6) is 0 Å². The maximum absolute atomic E-state index is 11.7. The maximum Gasteiger partial charge on any atom is 0.326 e. The number of methoxy groups -OCH3 is 1. The number of hydrogen-bond donors (Lipinski definition) is 1. The number of ether oxygens (including phenoxy) is 1. The lowest BCUT2D eigenvalue weighted by molar-refractivity contribution is -0.146. The molecule has 3 nitrogen and oxygen atoms in total. The number of hydrogen-bond acceptors (Lipinski definition) is 4. The Morgan fingerprint density at radius 2 is 2.24 bits per heavy atom. The van der Waals surface area contributed by atoms with Crippen LogP contribution < -0.4 is 5.32 Å². The van der Waals surface area contributed by atoms with Crippen LogP contribution in [0.1, 0.15) is 39.5 Å². The highest BCUT2D eigenvalue weighted by atomic mass is 32.2. The van der Waals surface area contributed by atoms with Gasteiger partial charge in [-0.3, -0.25) is 4.79 Å². The summed E-state index contributed by atoms with van der Waals surface area (Å²) in [5.74, 6) is 1.45. The first-order valence-electron chi connectivity index (χ1n) is 6.40. The third-order valence-electron chi connectivity index (χ3n) is 3.68. The Hall–Kier alpha value is -0.220. The molecule has 0 aromatic rings. The van der Waals surface area contributed by atoms with Crippen molar-refractivity contribution in [1.29, 1.82) is 0 Å². The molecule has 0 heterocycles. The van der Waals surface area contributed by atoms with Crippen LogP contribution in [0.15, 0.2) is 0 Å². The van der Waals surface area contributed by atoms with E-state index < -0.39 is 5.54 Å². The number of carbonyl (C=O) groups is 1. The van der Waals surface area contributed by atoms with Crippen LogP contribution in [-0.2, 0) is 9.53 Å². The summed E-state index contributed by atoms with van der Waals surface area (Å²) in [6, 6.07) is 0. The van der Waals surface area contributed by atoms with Crippen molar-refractivity contribution in [2.75, 3.05) is 19.9 Å². The van der Waals surface area contributed by atoms with Gasteiger partial charge in [0.15, 0.2) is 0 Å². The third-order valence-corrected chi connectivity index (χ3v) is 5.33. The summed E-state index contributed by atoms with van der Waals surface area (Å²) in [6.45, 7) is 4.24. The lowest BCUT2D eigenvalue weighted by atomic mass is 9.91. The molecule has 100 valence electrons. The minimum Gasteiger partial charge on any atom is -0.468 e. The molecule has 0 spiro atoms. The largest absolute Gasteiger partial charge is 0.468 e. The van der Waals surface area contributed by atoms with E-state index >= 15 is 0 Å². The van der Waals surface area contributed by atoms with Crippen LogP contribution >= 0.6 is 11.8 Å². The second kappa shape index (κ2) is 6.64. The molecule has 1 fully saturated rings. The molecule has 1 N–H and O–H groups in total. The molecule has 0 aliphatic heterocycles. The predicted molar refractivity (Wildman–Crippen MR) is 73.4 cm³/mol. The van der Waals surface area contributed by atoms with Gasteiger partial charge in [-0.2, -0.15) is 11.8 Å². The Bertz CT molecular complexity index is 260. The number of nitrogens with one attached hydrogen (secondary N) is 1. The van der Waals surface area contributed by atoms with Crippen LogP contribution in [-0.4, -0.2) is 36.7 Å². The van der Waals surface area contributed by atoms with Crippen LogP contribution in [0.2, 0.25) is 0 Å². The van der Waals surface area contributed by atoms with E-state index in [1.54, 1.807) is 0 Å². The number of esters is 1. The molecule has 1 saturated carbocycles. The summed E-state index contributed by atoms with van der Waals surface area (Å²) < 4.78 is 4.85. The number of thioether (sulfide) groups is 1. The van der Waals surface area contributed by atoms with E-state index in [4.69, 9.17) is 4.74 Å². The molecular weight excluding hydrogens is 234 g/mol. The zero-order chi connectivity index (χ0) is 12.9. The maximum atomic E-state index is 11.7. The lowest BCUT2D eigenvalue weighted by Gasteiger charge is -2.31. The summed E-state index contributed by atoms with van der Waals surface area (Å²) in [4.78, 5) is 11.7. The third kappa shape index (κ3) is 4.18. The molecule has 4 heteroatoms.